The van der Waals surface area contributed by atoms with Crippen molar-refractivity contribution in [2.45, 2.75) is 196 Å². The van der Waals surface area contributed by atoms with Crippen LogP contribution in [0.25, 0.3) is 0 Å². The topological polar surface area (TPSA) is 236 Å². The molecule has 8 fully saturated rings. The third-order valence-electron chi connectivity index (χ3n) is 17.3. The van der Waals surface area contributed by atoms with E-state index in [1.165, 1.54) is 18.9 Å². The Morgan fingerprint density at radius 2 is 1.38 bits per heavy atom. The highest BCUT2D eigenvalue weighted by molar-refractivity contribution is 5.26. The van der Waals surface area contributed by atoms with Gasteiger partial charge in [-0.25, -0.2) is 0 Å². The van der Waals surface area contributed by atoms with Crippen molar-refractivity contribution in [3.05, 3.63) is 11.6 Å². The zero-order valence-electron chi connectivity index (χ0n) is 35.6. The Morgan fingerprint density at radius 1 is 0.700 bits per heavy atom. The van der Waals surface area contributed by atoms with E-state index in [1.54, 1.807) is 0 Å². The van der Waals surface area contributed by atoms with E-state index in [2.05, 4.69) is 33.8 Å². The molecule has 342 valence electrons. The van der Waals surface area contributed by atoms with Crippen LogP contribution in [0.4, 0.5) is 0 Å². The summed E-state index contributed by atoms with van der Waals surface area (Å²) in [7, 11) is 0. The van der Waals surface area contributed by atoms with E-state index in [-0.39, 0.29) is 23.0 Å². The van der Waals surface area contributed by atoms with Crippen LogP contribution in [-0.4, -0.2) is 165 Å². The maximum atomic E-state index is 11.9. The average molecular weight is 855 g/mol. The first-order valence-electron chi connectivity index (χ1n) is 22.8. The van der Waals surface area contributed by atoms with Crippen LogP contribution in [-0.2, 0) is 37.9 Å². The Bertz CT molecular complexity index is 1560. The van der Waals surface area contributed by atoms with E-state index in [0.717, 1.165) is 45.1 Å². The Labute approximate surface area is 352 Å². The maximum absolute atomic E-state index is 11.9. The van der Waals surface area contributed by atoms with Crippen LogP contribution in [0.5, 0.6) is 0 Å². The SMILES string of the molecule is CC1CCC2(OC1)OC1CC3C4CC=C5C[C@@H](O[C@@H]6OC(CO)[C@@H](O[C@@H]7O[C@@H](C)[C@@H](O)[C@@H](O)[C@H]7O)[C@H](O[C@@H]7O[C@@H](CO)[C@H](O)[C@@H]7O)[C@H]6O)CCC5(C)C4CCC3(C)C1C2C. The summed E-state index contributed by atoms with van der Waals surface area (Å²) in [6, 6.07) is 0. The van der Waals surface area contributed by atoms with E-state index in [4.69, 9.17) is 37.9 Å². The highest BCUT2D eigenvalue weighted by Gasteiger charge is 2.69. The van der Waals surface area contributed by atoms with Gasteiger partial charge in [-0.2, -0.15) is 0 Å². The van der Waals surface area contributed by atoms with Crippen molar-refractivity contribution in [1.29, 1.82) is 0 Å². The van der Waals surface area contributed by atoms with Gasteiger partial charge >= 0.3 is 0 Å². The Kier molecular flexibility index (Phi) is 12.2. The van der Waals surface area contributed by atoms with Crippen LogP contribution >= 0.6 is 0 Å². The third-order valence-corrected chi connectivity index (χ3v) is 17.3. The molecule has 0 aromatic carbocycles. The van der Waals surface area contributed by atoms with E-state index in [0.29, 0.717) is 48.3 Å². The molecule has 9 aliphatic rings. The first-order valence-corrected chi connectivity index (χ1v) is 22.8. The monoisotopic (exact) mass is 854 g/mol. The highest BCUT2D eigenvalue weighted by atomic mass is 16.8. The van der Waals surface area contributed by atoms with Crippen molar-refractivity contribution in [3.63, 3.8) is 0 Å². The van der Waals surface area contributed by atoms with Gasteiger partial charge in [0.25, 0.3) is 0 Å². The van der Waals surface area contributed by atoms with Gasteiger partial charge in [-0.15, -0.1) is 0 Å². The average Bonchev–Trinajstić information content (AvgIpc) is 3.79. The fourth-order valence-corrected chi connectivity index (χ4v) is 13.8. The van der Waals surface area contributed by atoms with Crippen molar-refractivity contribution in [2.24, 2.45) is 46.3 Å². The Morgan fingerprint density at radius 3 is 2.08 bits per heavy atom. The van der Waals surface area contributed by atoms with Gasteiger partial charge in [0.2, 0.25) is 0 Å². The largest absolute Gasteiger partial charge is 0.394 e. The fourth-order valence-electron chi connectivity index (χ4n) is 13.8. The second kappa shape index (κ2) is 16.5. The molecule has 0 amide bonds. The molecule has 0 aromatic rings. The number of fused-ring (bicyclic) bond motifs is 7. The van der Waals surface area contributed by atoms with Gasteiger partial charge in [0.05, 0.1) is 38.1 Å². The molecule has 60 heavy (non-hydrogen) atoms. The molecule has 25 atom stereocenters. The molecule has 0 radical (unpaired) electrons. The first-order chi connectivity index (χ1) is 28.5. The highest BCUT2D eigenvalue weighted by Crippen LogP contribution is 2.70. The fraction of sp³-hybridized carbons (Fsp3) is 0.955. The molecule has 3 saturated carbocycles. The van der Waals surface area contributed by atoms with Gasteiger partial charge < -0.3 is 78.7 Å². The molecule has 4 aliphatic carbocycles. The van der Waals surface area contributed by atoms with Crippen molar-refractivity contribution in [1.82, 2.24) is 0 Å². The Balaban J connectivity index is 0.900. The Hall–Kier alpha value is -0.900. The standard InChI is InChI=1S/C44H70O16/c1-19-8-13-44(53-18-19)20(2)30-27(60-44)15-26-24-7-6-22-14-23(9-11-42(22,4)25(24)10-12-43(26,30)5)55-41-36(52)38(59-40-34(50)32(48)28(16-45)56-40)37(29(17-46)57-41)58-39-35(51)33(49)31(47)21(3)54-39/h6,19-21,23-41,45-52H,7-18H2,1-5H3/t19?,20?,21-,23-,24?,25?,26?,27?,28-,29?,30?,31+,32-,33+,34-,35+,36+,37+,38+,39-,40-,41+,42?,43?,44?/m0/s1. The van der Waals surface area contributed by atoms with Gasteiger partial charge in [0, 0.05) is 12.3 Å². The number of allylic oxidation sites excluding steroid dienone is 1. The molecule has 16 heteroatoms. The number of rotatable bonds is 8. The summed E-state index contributed by atoms with van der Waals surface area (Å²) < 4.78 is 49.7. The molecule has 16 nitrogen and oxygen atoms in total. The van der Waals surface area contributed by atoms with Crippen LogP contribution in [0.2, 0.25) is 0 Å². The molecular weight excluding hydrogens is 784 g/mol. The molecule has 8 N–H and O–H groups in total. The summed E-state index contributed by atoms with van der Waals surface area (Å²) in [5.41, 5.74) is 1.56. The van der Waals surface area contributed by atoms with E-state index in [1.807, 2.05) is 0 Å². The van der Waals surface area contributed by atoms with Crippen LogP contribution in [0, 0.1) is 46.3 Å². The minimum Gasteiger partial charge on any atom is -0.394 e. The molecule has 9 rings (SSSR count). The molecule has 0 aromatic heterocycles. The molecule has 5 saturated heterocycles. The van der Waals surface area contributed by atoms with E-state index < -0.39 is 105 Å². The van der Waals surface area contributed by atoms with Crippen LogP contribution in [0.15, 0.2) is 11.6 Å². The number of aliphatic hydroxyl groups is 8. The predicted molar refractivity (Wildman–Crippen MR) is 208 cm³/mol. The first kappa shape index (κ1) is 44.3. The van der Waals surface area contributed by atoms with Gasteiger partial charge in [0.15, 0.2) is 24.7 Å². The summed E-state index contributed by atoms with van der Waals surface area (Å²) in [6.45, 7) is 10.6. The lowest BCUT2D eigenvalue weighted by molar-refractivity contribution is -0.376. The lowest BCUT2D eigenvalue weighted by atomic mass is 9.47. The van der Waals surface area contributed by atoms with Crippen LogP contribution in [0.1, 0.15) is 92.4 Å². The quantitative estimate of drug-likeness (QED) is 0.158. The summed E-state index contributed by atoms with van der Waals surface area (Å²) in [5, 5.41) is 85.0. The molecule has 5 heterocycles. The van der Waals surface area contributed by atoms with Crippen molar-refractivity contribution in [3.8, 4) is 0 Å². The van der Waals surface area contributed by atoms with Crippen LogP contribution < -0.4 is 0 Å². The van der Waals surface area contributed by atoms with Crippen molar-refractivity contribution >= 4 is 0 Å². The number of ether oxygens (including phenoxy) is 8. The summed E-state index contributed by atoms with van der Waals surface area (Å²) >= 11 is 0. The smallest absolute Gasteiger partial charge is 0.187 e. The second-order valence-corrected chi connectivity index (χ2v) is 20.6. The number of hydrogen-bond donors (Lipinski definition) is 8. The minimum atomic E-state index is -1.72. The van der Waals surface area contributed by atoms with Crippen molar-refractivity contribution in [2.75, 3.05) is 19.8 Å². The van der Waals surface area contributed by atoms with Gasteiger partial charge in [-0.05, 0) is 98.7 Å². The van der Waals surface area contributed by atoms with Crippen LogP contribution in [0.3, 0.4) is 0 Å². The number of hydrogen-bond acceptors (Lipinski definition) is 16. The lowest BCUT2D eigenvalue weighted by Gasteiger charge is -2.58. The van der Waals surface area contributed by atoms with E-state index >= 15 is 0 Å². The van der Waals surface area contributed by atoms with E-state index in [9.17, 15) is 40.9 Å². The zero-order chi connectivity index (χ0) is 42.6. The number of aliphatic hydroxyl groups excluding tert-OH is 8. The predicted octanol–water partition coefficient (Wildman–Crippen LogP) is 0.853. The molecule has 0 bridgehead atoms. The lowest BCUT2D eigenvalue weighted by Crippen LogP contribution is -2.65. The van der Waals surface area contributed by atoms with Crippen molar-refractivity contribution < 1.29 is 78.7 Å². The third kappa shape index (κ3) is 7.10. The van der Waals surface area contributed by atoms with Gasteiger partial charge in [0.1, 0.15) is 61.0 Å². The molecule has 1 spiro atoms. The normalized spacial score (nSPS) is 57.7. The summed E-state index contributed by atoms with van der Waals surface area (Å²) in [4.78, 5) is 0. The molecule has 5 aliphatic heterocycles. The molecular formula is C44H70O16. The van der Waals surface area contributed by atoms with Gasteiger partial charge in [-0.1, -0.05) is 39.3 Å². The van der Waals surface area contributed by atoms with Gasteiger partial charge in [-0.3, -0.25) is 0 Å². The molecule has 11 unspecified atom stereocenters. The minimum absolute atomic E-state index is 0.00147. The summed E-state index contributed by atoms with van der Waals surface area (Å²) in [6.07, 6.45) is -8.88. The maximum Gasteiger partial charge on any atom is 0.187 e. The zero-order valence-corrected chi connectivity index (χ0v) is 35.6. The summed E-state index contributed by atoms with van der Waals surface area (Å²) in [5.74, 6) is 2.69. The second-order valence-electron chi connectivity index (χ2n) is 20.6.